The molecule has 8 heteroatoms. The summed E-state index contributed by atoms with van der Waals surface area (Å²) in [5, 5.41) is 6.03. The van der Waals surface area contributed by atoms with Crippen molar-refractivity contribution in [3.8, 4) is 11.3 Å². The van der Waals surface area contributed by atoms with Crippen LogP contribution in [0, 0.1) is 13.8 Å². The van der Waals surface area contributed by atoms with Crippen molar-refractivity contribution in [2.75, 3.05) is 0 Å². The Morgan fingerprint density at radius 1 is 1.03 bits per heavy atom. The number of rotatable bonds is 4. The van der Waals surface area contributed by atoms with Gasteiger partial charge < -0.3 is 0 Å². The zero-order chi connectivity index (χ0) is 25.0. The second-order valence-corrected chi connectivity index (χ2v) is 10.6. The topological polar surface area (TPSA) is 52.2 Å². The number of aryl methyl sites for hydroxylation is 2. The summed E-state index contributed by atoms with van der Waals surface area (Å²) >= 11 is 13.9. The molecule has 3 heterocycles. The summed E-state index contributed by atoms with van der Waals surface area (Å²) in [6.45, 7) is 4.57. The van der Waals surface area contributed by atoms with E-state index in [-0.39, 0.29) is 5.56 Å². The van der Waals surface area contributed by atoms with Crippen molar-refractivity contribution in [1.82, 2.24) is 19.2 Å². The molecular weight excluding hydrogens is 511 g/mol. The highest BCUT2D eigenvalue weighted by Crippen LogP contribution is 2.26. The molecule has 3 aromatic carbocycles. The minimum atomic E-state index is -0.0757. The predicted molar refractivity (Wildman–Crippen MR) is 148 cm³/mol. The van der Waals surface area contributed by atoms with Gasteiger partial charge in [0.25, 0.3) is 5.56 Å². The van der Waals surface area contributed by atoms with Crippen molar-refractivity contribution < 1.29 is 0 Å². The first kappa shape index (κ1) is 23.0. The van der Waals surface area contributed by atoms with Crippen LogP contribution in [-0.4, -0.2) is 19.2 Å². The van der Waals surface area contributed by atoms with Crippen LogP contribution in [0.1, 0.15) is 22.3 Å². The minimum Gasteiger partial charge on any atom is -0.267 e. The Balaban J connectivity index is 1.51. The highest BCUT2D eigenvalue weighted by atomic mass is 35.5. The predicted octanol–water partition coefficient (Wildman–Crippen LogP) is 6.29. The molecule has 0 bridgehead atoms. The molecule has 5 nitrogen and oxygen atoms in total. The monoisotopic (exact) mass is 530 g/mol. The van der Waals surface area contributed by atoms with Crippen LogP contribution in [0.4, 0.5) is 0 Å². The molecule has 0 saturated carbocycles. The Labute approximate surface area is 220 Å². The third-order valence-corrected chi connectivity index (χ3v) is 7.96. The molecule has 0 fully saturated rings. The van der Waals surface area contributed by atoms with Crippen LogP contribution in [0.25, 0.3) is 33.3 Å². The van der Waals surface area contributed by atoms with E-state index in [4.69, 9.17) is 33.3 Å². The lowest BCUT2D eigenvalue weighted by Crippen LogP contribution is -2.22. The van der Waals surface area contributed by atoms with Crippen LogP contribution in [0.3, 0.4) is 0 Å². The first-order valence-electron chi connectivity index (χ1n) is 11.4. The van der Waals surface area contributed by atoms with E-state index in [0.717, 1.165) is 44.5 Å². The number of nitrogens with zero attached hydrogens (tertiary/aromatic N) is 4. The van der Waals surface area contributed by atoms with Crippen molar-refractivity contribution in [1.29, 1.82) is 0 Å². The van der Waals surface area contributed by atoms with Gasteiger partial charge >= 0.3 is 0 Å². The quantitative estimate of drug-likeness (QED) is 0.269. The van der Waals surface area contributed by atoms with E-state index < -0.39 is 0 Å². The Hall–Kier alpha value is -3.45. The molecule has 6 rings (SSSR count). The fraction of sp³-hybridized carbons (Fsp3) is 0.107. The van der Waals surface area contributed by atoms with E-state index in [1.165, 1.54) is 11.3 Å². The number of fused-ring (bicyclic) bond motifs is 3. The molecule has 0 radical (unpaired) electrons. The van der Waals surface area contributed by atoms with E-state index in [9.17, 15) is 4.79 Å². The summed E-state index contributed by atoms with van der Waals surface area (Å²) in [7, 11) is 0. The van der Waals surface area contributed by atoms with Crippen LogP contribution in [0.15, 0.2) is 71.7 Å². The van der Waals surface area contributed by atoms with Crippen molar-refractivity contribution in [3.05, 3.63) is 114 Å². The van der Waals surface area contributed by atoms with Crippen LogP contribution >= 0.6 is 34.5 Å². The molecule has 178 valence electrons. The van der Waals surface area contributed by atoms with Crippen LogP contribution in [-0.2, 0) is 6.54 Å². The SMILES string of the molecule is Cc1ccc2c(nc3sc(=Cc4cn(Cc5ccc(Cl)cc5Cl)nc4-c4ccccc4)c(=O)n32)c1C. The number of benzene rings is 3. The first-order valence-corrected chi connectivity index (χ1v) is 13.0. The van der Waals surface area contributed by atoms with Gasteiger partial charge in [0, 0.05) is 27.4 Å². The minimum absolute atomic E-state index is 0.0757. The maximum Gasteiger partial charge on any atom is 0.274 e. The summed E-state index contributed by atoms with van der Waals surface area (Å²) in [5.41, 5.74) is 7.42. The third kappa shape index (κ3) is 3.91. The molecular formula is C28H20Cl2N4OS. The van der Waals surface area contributed by atoms with Crippen LogP contribution in [0.5, 0.6) is 0 Å². The van der Waals surface area contributed by atoms with E-state index in [0.29, 0.717) is 26.1 Å². The van der Waals surface area contributed by atoms with Gasteiger partial charge in [-0.3, -0.25) is 9.48 Å². The number of thiazole rings is 1. The summed E-state index contributed by atoms with van der Waals surface area (Å²) in [5.74, 6) is 0. The van der Waals surface area contributed by atoms with Crippen molar-refractivity contribution >= 4 is 56.6 Å². The van der Waals surface area contributed by atoms with Crippen molar-refractivity contribution in [2.45, 2.75) is 20.4 Å². The molecule has 0 unspecified atom stereocenters. The number of imidazole rings is 1. The van der Waals surface area contributed by atoms with E-state index in [1.807, 2.05) is 78.5 Å². The zero-order valence-electron chi connectivity index (χ0n) is 19.5. The molecule has 0 aliphatic heterocycles. The van der Waals surface area contributed by atoms with Crippen LogP contribution < -0.4 is 10.1 Å². The number of hydrogen-bond acceptors (Lipinski definition) is 4. The molecule has 0 aliphatic carbocycles. The van der Waals surface area contributed by atoms with E-state index >= 15 is 0 Å². The Morgan fingerprint density at radius 3 is 2.61 bits per heavy atom. The van der Waals surface area contributed by atoms with Gasteiger partial charge in [-0.15, -0.1) is 0 Å². The van der Waals surface area contributed by atoms with Gasteiger partial charge in [0.2, 0.25) is 0 Å². The molecule has 0 atom stereocenters. The van der Waals surface area contributed by atoms with Gasteiger partial charge in [-0.25, -0.2) is 9.38 Å². The van der Waals surface area contributed by atoms with E-state index in [2.05, 4.69) is 6.92 Å². The number of halogens is 2. The Bertz CT molecular complexity index is 1890. The lowest BCUT2D eigenvalue weighted by atomic mass is 10.1. The highest BCUT2D eigenvalue weighted by Gasteiger charge is 2.16. The second kappa shape index (κ2) is 8.89. The molecule has 36 heavy (non-hydrogen) atoms. The second-order valence-electron chi connectivity index (χ2n) is 8.75. The summed E-state index contributed by atoms with van der Waals surface area (Å²) < 4.78 is 4.16. The van der Waals surface area contributed by atoms with Gasteiger partial charge in [-0.1, -0.05) is 77.0 Å². The average Bonchev–Trinajstić information content (AvgIpc) is 3.52. The van der Waals surface area contributed by atoms with Crippen LogP contribution in [0.2, 0.25) is 10.0 Å². The van der Waals surface area contributed by atoms with Gasteiger partial charge in [0.15, 0.2) is 4.96 Å². The lowest BCUT2D eigenvalue weighted by molar-refractivity contribution is 0.689. The van der Waals surface area contributed by atoms with Gasteiger partial charge in [0.1, 0.15) is 0 Å². The molecule has 0 spiro atoms. The summed E-state index contributed by atoms with van der Waals surface area (Å²) in [6.07, 6.45) is 3.85. The molecule has 6 aromatic rings. The van der Waals surface area contributed by atoms with Crippen molar-refractivity contribution in [2.24, 2.45) is 0 Å². The molecule has 0 amide bonds. The average molecular weight is 531 g/mol. The largest absolute Gasteiger partial charge is 0.274 e. The zero-order valence-corrected chi connectivity index (χ0v) is 21.8. The van der Waals surface area contributed by atoms with E-state index in [1.54, 1.807) is 10.5 Å². The van der Waals surface area contributed by atoms with Gasteiger partial charge in [-0.05, 0) is 54.8 Å². The molecule has 0 aliphatic rings. The maximum atomic E-state index is 13.5. The summed E-state index contributed by atoms with van der Waals surface area (Å²) in [6, 6.07) is 19.4. The summed E-state index contributed by atoms with van der Waals surface area (Å²) in [4.78, 5) is 18.9. The third-order valence-electron chi connectivity index (χ3n) is 6.41. The Kier molecular flexibility index (Phi) is 5.67. The maximum absolute atomic E-state index is 13.5. The lowest BCUT2D eigenvalue weighted by Gasteiger charge is -2.05. The number of aromatic nitrogens is 4. The Morgan fingerprint density at radius 2 is 1.83 bits per heavy atom. The molecule has 3 aromatic heterocycles. The normalized spacial score (nSPS) is 12.3. The van der Waals surface area contributed by atoms with Crippen molar-refractivity contribution in [3.63, 3.8) is 0 Å². The fourth-order valence-corrected chi connectivity index (χ4v) is 5.81. The first-order chi connectivity index (χ1) is 17.4. The standard InChI is InChI=1S/C28H20Cl2N4OS/c1-16-8-11-23-25(17(16)2)31-28-34(23)27(35)24(36-28)12-20-15-33(14-19-9-10-21(29)13-22(19)30)32-26(20)18-6-4-3-5-7-18/h3-13,15H,14H2,1-2H3. The number of hydrogen-bond donors (Lipinski definition) is 0. The molecule has 0 saturated heterocycles. The van der Waals surface area contributed by atoms with Gasteiger partial charge in [0.05, 0.1) is 27.8 Å². The molecule has 0 N–H and O–H groups in total. The highest BCUT2D eigenvalue weighted by molar-refractivity contribution is 7.15. The fourth-order valence-electron chi connectivity index (χ4n) is 4.37. The smallest absolute Gasteiger partial charge is 0.267 e. The van der Waals surface area contributed by atoms with Gasteiger partial charge in [-0.2, -0.15) is 5.10 Å².